The molecule has 1 heterocycles. The van der Waals surface area contributed by atoms with Gasteiger partial charge in [0.05, 0.1) is 18.3 Å². The van der Waals surface area contributed by atoms with Gasteiger partial charge in [-0.1, -0.05) is 25.7 Å². The van der Waals surface area contributed by atoms with E-state index in [-0.39, 0.29) is 11.5 Å². The number of carbonyl (C=O) groups is 1. The van der Waals surface area contributed by atoms with Gasteiger partial charge in [-0.15, -0.1) is 0 Å². The van der Waals surface area contributed by atoms with E-state index in [1.54, 1.807) is 0 Å². The van der Waals surface area contributed by atoms with Crippen molar-refractivity contribution in [1.29, 1.82) is 5.26 Å². The SMILES string of the molecule is CC1(C)CN(C(=O)C2(C#N)CCCCCC2)CCO1. The molecule has 2 fully saturated rings. The van der Waals surface area contributed by atoms with Crippen LogP contribution in [0.15, 0.2) is 0 Å². The topological polar surface area (TPSA) is 53.3 Å². The van der Waals surface area contributed by atoms with Crippen molar-refractivity contribution < 1.29 is 9.53 Å². The Bertz CT molecular complexity index is 376. The second-order valence-corrected chi connectivity index (χ2v) is 6.44. The van der Waals surface area contributed by atoms with Crippen LogP contribution in [0.4, 0.5) is 0 Å². The van der Waals surface area contributed by atoms with Crippen LogP contribution in [0.5, 0.6) is 0 Å². The zero-order valence-electron chi connectivity index (χ0n) is 12.1. The second-order valence-electron chi connectivity index (χ2n) is 6.44. The smallest absolute Gasteiger partial charge is 0.243 e. The van der Waals surface area contributed by atoms with Crippen molar-refractivity contribution in [2.45, 2.75) is 58.0 Å². The summed E-state index contributed by atoms with van der Waals surface area (Å²) in [4.78, 5) is 14.6. The number of nitrogens with zero attached hydrogens (tertiary/aromatic N) is 2. The van der Waals surface area contributed by atoms with E-state index in [2.05, 4.69) is 6.07 Å². The molecule has 4 heteroatoms. The maximum atomic E-state index is 12.8. The van der Waals surface area contributed by atoms with Gasteiger partial charge in [-0.05, 0) is 26.7 Å². The maximum Gasteiger partial charge on any atom is 0.243 e. The van der Waals surface area contributed by atoms with Gasteiger partial charge >= 0.3 is 0 Å². The molecule has 0 atom stereocenters. The van der Waals surface area contributed by atoms with E-state index in [4.69, 9.17) is 4.74 Å². The van der Waals surface area contributed by atoms with Crippen LogP contribution in [-0.4, -0.2) is 36.1 Å². The monoisotopic (exact) mass is 264 g/mol. The molecular formula is C15H24N2O2. The number of rotatable bonds is 1. The molecule has 1 saturated carbocycles. The summed E-state index contributed by atoms with van der Waals surface area (Å²) in [5, 5.41) is 9.57. The molecule has 0 aromatic heterocycles. The van der Waals surface area contributed by atoms with Gasteiger partial charge in [-0.2, -0.15) is 5.26 Å². The van der Waals surface area contributed by atoms with Crippen molar-refractivity contribution in [3.05, 3.63) is 0 Å². The highest BCUT2D eigenvalue weighted by atomic mass is 16.5. The third kappa shape index (κ3) is 3.09. The van der Waals surface area contributed by atoms with Gasteiger partial charge < -0.3 is 9.64 Å². The highest BCUT2D eigenvalue weighted by Gasteiger charge is 2.43. The Morgan fingerprint density at radius 2 is 1.84 bits per heavy atom. The minimum Gasteiger partial charge on any atom is -0.372 e. The van der Waals surface area contributed by atoms with Gasteiger partial charge in [0, 0.05) is 13.1 Å². The Balaban J connectivity index is 2.14. The zero-order chi connectivity index (χ0) is 13.9. The quantitative estimate of drug-likeness (QED) is 0.684. The predicted octanol–water partition coefficient (Wildman–Crippen LogP) is 2.49. The van der Waals surface area contributed by atoms with Gasteiger partial charge in [0.25, 0.3) is 0 Å². The highest BCUT2D eigenvalue weighted by molar-refractivity contribution is 5.85. The molecule has 2 aliphatic rings. The van der Waals surface area contributed by atoms with Crippen molar-refractivity contribution in [3.63, 3.8) is 0 Å². The van der Waals surface area contributed by atoms with Crippen molar-refractivity contribution in [1.82, 2.24) is 4.90 Å². The van der Waals surface area contributed by atoms with E-state index in [0.29, 0.717) is 19.7 Å². The summed E-state index contributed by atoms with van der Waals surface area (Å²) in [7, 11) is 0. The summed E-state index contributed by atoms with van der Waals surface area (Å²) in [5.41, 5.74) is -1.07. The van der Waals surface area contributed by atoms with Crippen LogP contribution in [0.1, 0.15) is 52.4 Å². The molecule has 0 spiro atoms. The molecule has 1 amide bonds. The zero-order valence-corrected chi connectivity index (χ0v) is 12.1. The Morgan fingerprint density at radius 1 is 1.21 bits per heavy atom. The lowest BCUT2D eigenvalue weighted by atomic mass is 9.80. The van der Waals surface area contributed by atoms with Gasteiger partial charge in [-0.25, -0.2) is 0 Å². The summed E-state index contributed by atoms with van der Waals surface area (Å²) >= 11 is 0. The van der Waals surface area contributed by atoms with Crippen LogP contribution >= 0.6 is 0 Å². The fourth-order valence-corrected chi connectivity index (χ4v) is 3.20. The summed E-state index contributed by atoms with van der Waals surface area (Å²) in [6, 6.07) is 2.35. The second kappa shape index (κ2) is 5.50. The van der Waals surface area contributed by atoms with Crippen LogP contribution < -0.4 is 0 Å². The third-order valence-corrected chi connectivity index (χ3v) is 4.29. The predicted molar refractivity (Wildman–Crippen MR) is 72.4 cm³/mol. The fraction of sp³-hybridized carbons (Fsp3) is 0.867. The molecule has 1 saturated heterocycles. The lowest BCUT2D eigenvalue weighted by Crippen LogP contribution is -2.54. The van der Waals surface area contributed by atoms with Gasteiger partial charge in [0.1, 0.15) is 5.41 Å². The molecule has 0 aromatic rings. The van der Waals surface area contributed by atoms with E-state index in [0.717, 1.165) is 38.5 Å². The number of hydrogen-bond acceptors (Lipinski definition) is 3. The molecule has 19 heavy (non-hydrogen) atoms. The van der Waals surface area contributed by atoms with Crippen LogP contribution in [0.2, 0.25) is 0 Å². The highest BCUT2D eigenvalue weighted by Crippen LogP contribution is 2.37. The Hall–Kier alpha value is -1.08. The normalized spacial score (nSPS) is 26.3. The van der Waals surface area contributed by atoms with Gasteiger partial charge in [-0.3, -0.25) is 4.79 Å². The Kier molecular flexibility index (Phi) is 4.15. The molecule has 0 N–H and O–H groups in total. The number of amides is 1. The Labute approximate surface area is 115 Å². The summed E-state index contributed by atoms with van der Waals surface area (Å²) < 4.78 is 5.65. The summed E-state index contributed by atoms with van der Waals surface area (Å²) in [6.45, 7) is 5.78. The molecule has 1 aliphatic carbocycles. The molecule has 0 unspecified atom stereocenters. The fourth-order valence-electron chi connectivity index (χ4n) is 3.20. The summed E-state index contributed by atoms with van der Waals surface area (Å²) in [5.74, 6) is 0.0354. The number of nitriles is 1. The van der Waals surface area contributed by atoms with Crippen LogP contribution in [-0.2, 0) is 9.53 Å². The van der Waals surface area contributed by atoms with Crippen LogP contribution in [0.25, 0.3) is 0 Å². The van der Waals surface area contributed by atoms with Gasteiger partial charge in [0.2, 0.25) is 5.91 Å². The van der Waals surface area contributed by atoms with Crippen molar-refractivity contribution in [2.24, 2.45) is 5.41 Å². The van der Waals surface area contributed by atoms with Crippen molar-refractivity contribution >= 4 is 5.91 Å². The standard InChI is InChI=1S/C15H24N2O2/c1-14(2)12-17(9-10-19-14)13(18)15(11-16)7-5-3-4-6-8-15/h3-10,12H2,1-2H3. The van der Waals surface area contributed by atoms with Gasteiger partial charge in [0.15, 0.2) is 0 Å². The minimum atomic E-state index is -0.774. The third-order valence-electron chi connectivity index (χ3n) is 4.29. The lowest BCUT2D eigenvalue weighted by Gasteiger charge is -2.41. The van der Waals surface area contributed by atoms with Crippen LogP contribution in [0, 0.1) is 16.7 Å². The molecule has 0 radical (unpaired) electrons. The van der Waals surface area contributed by atoms with E-state index < -0.39 is 5.41 Å². The molecule has 1 aliphatic heterocycles. The molecule has 2 rings (SSSR count). The molecule has 4 nitrogen and oxygen atoms in total. The van der Waals surface area contributed by atoms with Crippen LogP contribution in [0.3, 0.4) is 0 Å². The summed E-state index contributed by atoms with van der Waals surface area (Å²) in [6.07, 6.45) is 5.72. The largest absolute Gasteiger partial charge is 0.372 e. The first-order chi connectivity index (χ1) is 8.99. The number of carbonyl (C=O) groups excluding carboxylic acids is 1. The van der Waals surface area contributed by atoms with E-state index in [1.165, 1.54) is 0 Å². The molecular weight excluding hydrogens is 240 g/mol. The van der Waals surface area contributed by atoms with E-state index in [9.17, 15) is 10.1 Å². The van der Waals surface area contributed by atoms with Crippen molar-refractivity contribution in [2.75, 3.05) is 19.7 Å². The molecule has 0 bridgehead atoms. The first-order valence-electron chi connectivity index (χ1n) is 7.34. The molecule has 106 valence electrons. The minimum absolute atomic E-state index is 0.0354. The number of ether oxygens (including phenoxy) is 1. The van der Waals surface area contributed by atoms with Crippen molar-refractivity contribution in [3.8, 4) is 6.07 Å². The number of hydrogen-bond donors (Lipinski definition) is 0. The average molecular weight is 264 g/mol. The lowest BCUT2D eigenvalue weighted by molar-refractivity contribution is -0.154. The van der Waals surface area contributed by atoms with E-state index >= 15 is 0 Å². The average Bonchev–Trinajstić information content (AvgIpc) is 2.63. The number of morpholine rings is 1. The maximum absolute atomic E-state index is 12.8. The molecule has 0 aromatic carbocycles. The van der Waals surface area contributed by atoms with E-state index in [1.807, 2.05) is 18.7 Å². The first-order valence-corrected chi connectivity index (χ1v) is 7.34. The first kappa shape index (κ1) is 14.3. The Morgan fingerprint density at radius 3 is 2.37 bits per heavy atom.